The van der Waals surface area contributed by atoms with E-state index in [2.05, 4.69) is 75.6 Å². The van der Waals surface area contributed by atoms with Crippen molar-refractivity contribution in [3.8, 4) is 16.9 Å². The molecule has 1 aliphatic rings. The first-order valence-electron chi connectivity index (χ1n) is 12.7. The van der Waals surface area contributed by atoms with Gasteiger partial charge in [-0.2, -0.15) is 0 Å². The first kappa shape index (κ1) is 25.4. The SMILES string of the molecule is CCCc1ccc(-c2ccc(N3CCC(Cc4nc(C)c(O)c(C(=O)NCC=O)n4)CC3)cc2)cc1. The standard InChI is InChI=1S/C29H34N4O3/c1-3-4-21-5-7-23(8-6-21)24-9-11-25(12-10-24)33-16-13-22(14-17-33)19-26-31-20(2)28(35)27(32-26)29(36)30-15-18-34/h5-12,18,22,35H,3-4,13-17,19H2,1-2H3,(H,30,36). The van der Waals surface area contributed by atoms with Gasteiger partial charge in [0.05, 0.1) is 12.2 Å². The van der Waals surface area contributed by atoms with Crippen LogP contribution >= 0.6 is 0 Å². The van der Waals surface area contributed by atoms with Crippen LogP contribution in [0.5, 0.6) is 5.75 Å². The molecule has 7 heteroatoms. The van der Waals surface area contributed by atoms with E-state index in [1.165, 1.54) is 22.4 Å². The fourth-order valence-corrected chi connectivity index (χ4v) is 4.76. The Labute approximate surface area is 212 Å². The number of anilines is 1. The Morgan fingerprint density at radius 3 is 2.31 bits per heavy atom. The highest BCUT2D eigenvalue weighted by atomic mass is 16.3. The molecular formula is C29H34N4O3. The molecule has 1 saturated heterocycles. The lowest BCUT2D eigenvalue weighted by atomic mass is 9.92. The van der Waals surface area contributed by atoms with Crippen molar-refractivity contribution in [2.24, 2.45) is 5.92 Å². The number of amides is 1. The van der Waals surface area contributed by atoms with Crippen LogP contribution in [0.1, 0.15) is 53.8 Å². The molecular weight excluding hydrogens is 452 g/mol. The van der Waals surface area contributed by atoms with Gasteiger partial charge in [-0.05, 0) is 60.9 Å². The Kier molecular flexibility index (Phi) is 8.31. The van der Waals surface area contributed by atoms with Crippen molar-refractivity contribution in [3.63, 3.8) is 0 Å². The highest BCUT2D eigenvalue weighted by molar-refractivity contribution is 5.95. The van der Waals surface area contributed by atoms with Gasteiger partial charge in [-0.25, -0.2) is 9.97 Å². The highest BCUT2D eigenvalue weighted by Crippen LogP contribution is 2.29. The van der Waals surface area contributed by atoms with E-state index in [-0.39, 0.29) is 18.0 Å². The highest BCUT2D eigenvalue weighted by Gasteiger charge is 2.23. The molecule has 1 aromatic heterocycles. The van der Waals surface area contributed by atoms with Crippen LogP contribution in [-0.4, -0.2) is 46.9 Å². The first-order valence-corrected chi connectivity index (χ1v) is 12.7. The monoisotopic (exact) mass is 486 g/mol. The van der Waals surface area contributed by atoms with Crippen LogP contribution in [0.2, 0.25) is 0 Å². The molecule has 0 spiro atoms. The van der Waals surface area contributed by atoms with Crippen molar-refractivity contribution in [1.29, 1.82) is 0 Å². The molecule has 0 aliphatic carbocycles. The summed E-state index contributed by atoms with van der Waals surface area (Å²) < 4.78 is 0. The number of piperidine rings is 1. The molecule has 0 unspecified atom stereocenters. The minimum atomic E-state index is -0.568. The van der Waals surface area contributed by atoms with Gasteiger partial charge in [0.25, 0.3) is 5.91 Å². The topological polar surface area (TPSA) is 95.4 Å². The Bertz CT molecular complexity index is 1180. The predicted octanol–water partition coefficient (Wildman–Crippen LogP) is 4.50. The summed E-state index contributed by atoms with van der Waals surface area (Å²) in [6.07, 6.45) is 5.51. The molecule has 1 amide bonds. The van der Waals surface area contributed by atoms with E-state index in [0.717, 1.165) is 38.8 Å². The number of carbonyl (C=O) groups excluding carboxylic acids is 2. The van der Waals surface area contributed by atoms with Crippen LogP contribution in [0, 0.1) is 12.8 Å². The zero-order valence-corrected chi connectivity index (χ0v) is 21.0. The number of benzene rings is 2. The maximum Gasteiger partial charge on any atom is 0.274 e. The predicted molar refractivity (Wildman–Crippen MR) is 141 cm³/mol. The number of hydrogen-bond acceptors (Lipinski definition) is 6. The molecule has 3 aromatic rings. The molecule has 2 heterocycles. The third kappa shape index (κ3) is 6.08. The Hall–Kier alpha value is -3.74. The van der Waals surface area contributed by atoms with E-state index < -0.39 is 5.91 Å². The van der Waals surface area contributed by atoms with E-state index in [1.807, 2.05) is 0 Å². The summed E-state index contributed by atoms with van der Waals surface area (Å²) in [5.41, 5.74) is 5.37. The van der Waals surface area contributed by atoms with Crippen LogP contribution in [0.4, 0.5) is 5.69 Å². The van der Waals surface area contributed by atoms with Crippen molar-refractivity contribution in [2.75, 3.05) is 24.5 Å². The third-order valence-corrected chi connectivity index (χ3v) is 6.81. The molecule has 0 radical (unpaired) electrons. The van der Waals surface area contributed by atoms with Crippen molar-refractivity contribution < 1.29 is 14.7 Å². The van der Waals surface area contributed by atoms with Crippen molar-refractivity contribution in [1.82, 2.24) is 15.3 Å². The number of nitrogens with zero attached hydrogens (tertiary/aromatic N) is 3. The van der Waals surface area contributed by atoms with Gasteiger partial charge in [0, 0.05) is 25.2 Å². The number of aromatic hydroxyl groups is 1. The molecule has 1 fully saturated rings. The Morgan fingerprint density at radius 2 is 1.69 bits per heavy atom. The summed E-state index contributed by atoms with van der Waals surface area (Å²) in [4.78, 5) is 33.9. The second kappa shape index (κ2) is 11.8. The number of aromatic nitrogens is 2. The van der Waals surface area contributed by atoms with Crippen molar-refractivity contribution in [3.05, 3.63) is 71.3 Å². The van der Waals surface area contributed by atoms with Gasteiger partial charge < -0.3 is 20.1 Å². The second-order valence-corrected chi connectivity index (χ2v) is 9.43. The summed E-state index contributed by atoms with van der Waals surface area (Å²) in [5.74, 6) is 0.144. The van der Waals surface area contributed by atoms with Crippen molar-refractivity contribution >= 4 is 17.9 Å². The number of aryl methyl sites for hydroxylation is 2. The number of carbonyl (C=O) groups is 2. The first-order chi connectivity index (χ1) is 17.5. The fourth-order valence-electron chi connectivity index (χ4n) is 4.76. The van der Waals surface area contributed by atoms with Crippen LogP contribution < -0.4 is 10.2 Å². The van der Waals surface area contributed by atoms with Gasteiger partial charge in [-0.3, -0.25) is 4.79 Å². The summed E-state index contributed by atoms with van der Waals surface area (Å²) >= 11 is 0. The zero-order chi connectivity index (χ0) is 25.5. The Morgan fingerprint density at radius 1 is 1.06 bits per heavy atom. The van der Waals surface area contributed by atoms with E-state index in [0.29, 0.717) is 30.1 Å². The molecule has 7 nitrogen and oxygen atoms in total. The minimum Gasteiger partial charge on any atom is -0.504 e. The molecule has 188 valence electrons. The second-order valence-electron chi connectivity index (χ2n) is 9.43. The van der Waals surface area contributed by atoms with Crippen LogP contribution in [0.3, 0.4) is 0 Å². The number of hydrogen-bond donors (Lipinski definition) is 2. The van der Waals surface area contributed by atoms with Gasteiger partial charge in [0.2, 0.25) is 0 Å². The lowest BCUT2D eigenvalue weighted by Crippen LogP contribution is -2.34. The van der Waals surface area contributed by atoms with Gasteiger partial charge in [-0.1, -0.05) is 49.7 Å². The van der Waals surface area contributed by atoms with Gasteiger partial charge in [0.1, 0.15) is 12.1 Å². The molecule has 4 rings (SSSR count). The van der Waals surface area contributed by atoms with E-state index in [1.54, 1.807) is 6.92 Å². The van der Waals surface area contributed by atoms with Crippen LogP contribution in [0.25, 0.3) is 11.1 Å². The quantitative estimate of drug-likeness (QED) is 0.433. The molecule has 0 saturated carbocycles. The van der Waals surface area contributed by atoms with E-state index in [4.69, 9.17) is 0 Å². The molecule has 2 N–H and O–H groups in total. The Balaban J connectivity index is 1.35. The van der Waals surface area contributed by atoms with Gasteiger partial charge >= 0.3 is 0 Å². The maximum atomic E-state index is 12.2. The molecule has 36 heavy (non-hydrogen) atoms. The molecule has 0 bridgehead atoms. The number of nitrogens with one attached hydrogen (secondary N) is 1. The zero-order valence-electron chi connectivity index (χ0n) is 21.0. The van der Waals surface area contributed by atoms with E-state index in [9.17, 15) is 14.7 Å². The average Bonchev–Trinajstić information content (AvgIpc) is 2.90. The van der Waals surface area contributed by atoms with Crippen LogP contribution in [-0.2, 0) is 17.6 Å². The lowest BCUT2D eigenvalue weighted by Gasteiger charge is -2.33. The maximum absolute atomic E-state index is 12.2. The molecule has 0 atom stereocenters. The molecule has 1 aliphatic heterocycles. The summed E-state index contributed by atoms with van der Waals surface area (Å²) in [7, 11) is 0. The van der Waals surface area contributed by atoms with Crippen LogP contribution in [0.15, 0.2) is 48.5 Å². The van der Waals surface area contributed by atoms with Gasteiger partial charge in [-0.15, -0.1) is 0 Å². The normalized spacial score (nSPS) is 14.0. The largest absolute Gasteiger partial charge is 0.504 e. The fraction of sp³-hybridized carbons (Fsp3) is 0.379. The van der Waals surface area contributed by atoms with Crippen molar-refractivity contribution in [2.45, 2.75) is 46.0 Å². The summed E-state index contributed by atoms with van der Waals surface area (Å²) in [6, 6.07) is 17.6. The smallest absolute Gasteiger partial charge is 0.274 e. The van der Waals surface area contributed by atoms with Gasteiger partial charge in [0.15, 0.2) is 11.4 Å². The average molecular weight is 487 g/mol. The lowest BCUT2D eigenvalue weighted by molar-refractivity contribution is -0.107. The summed E-state index contributed by atoms with van der Waals surface area (Å²) in [5, 5.41) is 12.6. The van der Waals surface area contributed by atoms with E-state index >= 15 is 0 Å². The minimum absolute atomic E-state index is 0.0723. The summed E-state index contributed by atoms with van der Waals surface area (Å²) in [6.45, 7) is 5.62. The third-order valence-electron chi connectivity index (χ3n) is 6.81. The number of rotatable bonds is 9. The molecule has 2 aromatic carbocycles. The number of aldehydes is 1.